The van der Waals surface area contributed by atoms with Gasteiger partial charge >= 0.3 is 0 Å². The number of nitrogens with one attached hydrogen (secondary N) is 1. The van der Waals surface area contributed by atoms with Gasteiger partial charge < -0.3 is 14.5 Å². The van der Waals surface area contributed by atoms with Crippen molar-refractivity contribution in [3.05, 3.63) is 51.7 Å². The third-order valence-corrected chi connectivity index (χ3v) is 4.96. The third kappa shape index (κ3) is 4.25. The highest BCUT2D eigenvalue weighted by molar-refractivity contribution is 5.40. The van der Waals surface area contributed by atoms with E-state index in [2.05, 4.69) is 20.9 Å². The largest absolute Gasteiger partial charge is 0.497 e. The second kappa shape index (κ2) is 8.36. The number of aryl methyl sites for hydroxylation is 1. The molecule has 3 rings (SSSR count). The lowest BCUT2D eigenvalue weighted by Crippen LogP contribution is -2.35. The maximum Gasteiger partial charge on any atom is 0.251 e. The summed E-state index contributed by atoms with van der Waals surface area (Å²) in [6, 6.07) is 7.52. The van der Waals surface area contributed by atoms with Gasteiger partial charge in [-0.05, 0) is 31.9 Å². The van der Waals surface area contributed by atoms with Crippen molar-refractivity contribution in [2.45, 2.75) is 38.6 Å². The number of likely N-dealkylation sites (tertiary alicyclic amines) is 1. The molecule has 1 aromatic heterocycles. The highest BCUT2D eigenvalue weighted by atomic mass is 16.5. The highest BCUT2D eigenvalue weighted by Gasteiger charge is 2.24. The lowest BCUT2D eigenvalue weighted by Gasteiger charge is -2.32. The smallest absolute Gasteiger partial charge is 0.251 e. The molecule has 6 nitrogen and oxygen atoms in total. The van der Waals surface area contributed by atoms with Crippen LogP contribution in [0.1, 0.15) is 42.8 Å². The van der Waals surface area contributed by atoms with Crippen molar-refractivity contribution < 1.29 is 9.47 Å². The van der Waals surface area contributed by atoms with Crippen LogP contribution in [-0.4, -0.2) is 42.2 Å². The molecule has 1 aliphatic rings. The molecule has 0 aliphatic carbocycles. The number of hydrogen-bond donors (Lipinski definition) is 1. The molecule has 0 spiro atoms. The summed E-state index contributed by atoms with van der Waals surface area (Å²) in [5.41, 5.74) is 1.94. The van der Waals surface area contributed by atoms with E-state index in [4.69, 9.17) is 9.47 Å². The van der Waals surface area contributed by atoms with E-state index in [1.165, 1.54) is 0 Å². The van der Waals surface area contributed by atoms with E-state index < -0.39 is 0 Å². The van der Waals surface area contributed by atoms with E-state index in [0.29, 0.717) is 0 Å². The molecule has 0 saturated carbocycles. The monoisotopic (exact) mass is 357 g/mol. The van der Waals surface area contributed by atoms with Gasteiger partial charge in [-0.1, -0.05) is 13.0 Å². The van der Waals surface area contributed by atoms with Gasteiger partial charge in [0.15, 0.2) is 0 Å². The number of benzene rings is 1. The van der Waals surface area contributed by atoms with Crippen LogP contribution in [0.15, 0.2) is 29.1 Å². The van der Waals surface area contributed by atoms with Crippen LogP contribution in [0.4, 0.5) is 0 Å². The fourth-order valence-corrected chi connectivity index (χ4v) is 3.55. The zero-order valence-corrected chi connectivity index (χ0v) is 15.7. The van der Waals surface area contributed by atoms with E-state index in [1.54, 1.807) is 20.3 Å². The van der Waals surface area contributed by atoms with Gasteiger partial charge in [-0.25, -0.2) is 4.98 Å². The van der Waals surface area contributed by atoms with Crippen LogP contribution < -0.4 is 15.0 Å². The van der Waals surface area contributed by atoms with E-state index >= 15 is 0 Å². The Morgan fingerprint density at radius 3 is 2.85 bits per heavy atom. The summed E-state index contributed by atoms with van der Waals surface area (Å²) in [7, 11) is 3.34. The van der Waals surface area contributed by atoms with Crippen molar-refractivity contribution in [3.63, 3.8) is 0 Å². The van der Waals surface area contributed by atoms with Gasteiger partial charge in [-0.2, -0.15) is 0 Å². The molecule has 1 N–H and O–H groups in total. The first-order chi connectivity index (χ1) is 12.6. The number of piperidine rings is 1. The van der Waals surface area contributed by atoms with Gasteiger partial charge in [0.05, 0.1) is 14.2 Å². The number of ether oxygens (including phenoxy) is 2. The summed E-state index contributed by atoms with van der Waals surface area (Å²) in [5.74, 6) is 2.71. The minimum Gasteiger partial charge on any atom is -0.497 e. The Morgan fingerprint density at radius 1 is 1.27 bits per heavy atom. The molecule has 1 aliphatic heterocycles. The number of aromatic nitrogens is 2. The number of nitrogens with zero attached hydrogens (tertiary/aromatic N) is 2. The van der Waals surface area contributed by atoms with Crippen LogP contribution in [0.25, 0.3) is 0 Å². The van der Waals surface area contributed by atoms with Crippen molar-refractivity contribution in [1.29, 1.82) is 0 Å². The molecule has 140 valence electrons. The van der Waals surface area contributed by atoms with E-state index in [9.17, 15) is 4.79 Å². The fraction of sp³-hybridized carbons (Fsp3) is 0.500. The maximum absolute atomic E-state index is 11.9. The summed E-state index contributed by atoms with van der Waals surface area (Å²) in [6.45, 7) is 4.74. The lowest BCUT2D eigenvalue weighted by molar-refractivity contribution is 0.194. The molecule has 26 heavy (non-hydrogen) atoms. The predicted molar refractivity (Wildman–Crippen MR) is 101 cm³/mol. The predicted octanol–water partition coefficient (Wildman–Crippen LogP) is 2.73. The highest BCUT2D eigenvalue weighted by Crippen LogP contribution is 2.29. The van der Waals surface area contributed by atoms with Crippen molar-refractivity contribution in [1.82, 2.24) is 14.9 Å². The molecular weight excluding hydrogens is 330 g/mol. The summed E-state index contributed by atoms with van der Waals surface area (Å²) < 4.78 is 10.8. The van der Waals surface area contributed by atoms with Gasteiger partial charge in [-0.15, -0.1) is 0 Å². The van der Waals surface area contributed by atoms with Crippen molar-refractivity contribution in [2.75, 3.05) is 27.3 Å². The summed E-state index contributed by atoms with van der Waals surface area (Å²) in [5, 5.41) is 0. The second-order valence-electron chi connectivity index (χ2n) is 6.73. The van der Waals surface area contributed by atoms with E-state index in [-0.39, 0.29) is 11.5 Å². The normalized spacial score (nSPS) is 17.9. The van der Waals surface area contributed by atoms with Crippen molar-refractivity contribution in [2.24, 2.45) is 0 Å². The van der Waals surface area contributed by atoms with Gasteiger partial charge in [-0.3, -0.25) is 9.69 Å². The number of hydrogen-bond acceptors (Lipinski definition) is 5. The molecule has 1 aromatic carbocycles. The number of H-pyrrole nitrogens is 1. The van der Waals surface area contributed by atoms with Crippen LogP contribution in [-0.2, 0) is 13.0 Å². The zero-order valence-electron chi connectivity index (χ0n) is 15.7. The third-order valence-electron chi connectivity index (χ3n) is 4.96. The first kappa shape index (κ1) is 18.5. The van der Waals surface area contributed by atoms with Crippen LogP contribution >= 0.6 is 0 Å². The average Bonchev–Trinajstić information content (AvgIpc) is 2.68. The van der Waals surface area contributed by atoms with E-state index in [0.717, 1.165) is 67.5 Å². The number of aromatic amines is 1. The van der Waals surface area contributed by atoms with Crippen LogP contribution in [0.2, 0.25) is 0 Å². The molecule has 0 radical (unpaired) electrons. The van der Waals surface area contributed by atoms with Crippen LogP contribution in [0, 0.1) is 0 Å². The van der Waals surface area contributed by atoms with Crippen molar-refractivity contribution in [3.8, 4) is 11.5 Å². The zero-order chi connectivity index (χ0) is 18.5. The standard InChI is InChI=1S/C20H27N3O3/c1-4-16-10-19(24)22-20(21-16)15-6-5-9-23(13-15)12-14-7-8-17(25-2)11-18(14)26-3/h7-8,10-11,15H,4-6,9,12-13H2,1-3H3,(H,21,22,24)/t15-/m0/s1. The first-order valence-corrected chi connectivity index (χ1v) is 9.16. The minimum absolute atomic E-state index is 0.0548. The van der Waals surface area contributed by atoms with E-state index in [1.807, 2.05) is 19.1 Å². The Labute approximate surface area is 154 Å². The van der Waals surface area contributed by atoms with Crippen LogP contribution in [0.3, 0.4) is 0 Å². The molecule has 1 fully saturated rings. The first-order valence-electron chi connectivity index (χ1n) is 9.16. The molecule has 0 amide bonds. The molecule has 0 bridgehead atoms. The summed E-state index contributed by atoms with van der Waals surface area (Å²) in [4.78, 5) is 21.9. The molecule has 0 unspecified atom stereocenters. The number of rotatable bonds is 6. The van der Waals surface area contributed by atoms with Crippen LogP contribution in [0.5, 0.6) is 11.5 Å². The maximum atomic E-state index is 11.9. The SMILES string of the molecule is CCc1cc(=O)[nH]c([C@H]2CCCN(Cc3ccc(OC)cc3OC)C2)n1. The topological polar surface area (TPSA) is 67.5 Å². The Bertz CT molecular complexity index is 803. The lowest BCUT2D eigenvalue weighted by atomic mass is 9.96. The van der Waals surface area contributed by atoms with Gasteiger partial charge in [0.2, 0.25) is 0 Å². The average molecular weight is 357 g/mol. The quantitative estimate of drug-likeness (QED) is 0.861. The molecule has 6 heteroatoms. The molecule has 1 saturated heterocycles. The van der Waals surface area contributed by atoms with Crippen molar-refractivity contribution >= 4 is 0 Å². The Hall–Kier alpha value is -2.34. The minimum atomic E-state index is -0.0548. The molecular formula is C20H27N3O3. The Balaban J connectivity index is 1.75. The van der Waals surface area contributed by atoms with Gasteiger partial charge in [0.1, 0.15) is 17.3 Å². The molecule has 2 heterocycles. The van der Waals surface area contributed by atoms with Gasteiger partial charge in [0.25, 0.3) is 5.56 Å². The summed E-state index contributed by atoms with van der Waals surface area (Å²) in [6.07, 6.45) is 2.91. The molecule has 1 atom stereocenters. The fourth-order valence-electron chi connectivity index (χ4n) is 3.55. The summed E-state index contributed by atoms with van der Waals surface area (Å²) >= 11 is 0. The van der Waals surface area contributed by atoms with Gasteiger partial charge in [0, 0.05) is 42.4 Å². The number of methoxy groups -OCH3 is 2. The Morgan fingerprint density at radius 2 is 2.12 bits per heavy atom. The second-order valence-corrected chi connectivity index (χ2v) is 6.73. The molecule has 2 aromatic rings. The Kier molecular flexibility index (Phi) is 5.93.